The number of ether oxygens (including phenoxy) is 1. The maximum Gasteiger partial charge on any atom is 0.315 e. The number of hydrogen-bond acceptors (Lipinski definition) is 4. The lowest BCUT2D eigenvalue weighted by molar-refractivity contribution is -0.385. The minimum Gasteiger partial charge on any atom is -0.426 e. The van der Waals surface area contributed by atoms with Gasteiger partial charge in [0.25, 0.3) is 5.69 Å². The summed E-state index contributed by atoms with van der Waals surface area (Å²) in [6.45, 7) is 1.53. The molecule has 0 bridgehead atoms. The number of hydrogen-bond donors (Lipinski definition) is 0. The molecule has 2 rings (SSSR count). The smallest absolute Gasteiger partial charge is 0.315 e. The monoisotopic (exact) mass is 323 g/mol. The number of aryl methyl sites for hydroxylation is 1. The van der Waals surface area contributed by atoms with Crippen molar-refractivity contribution in [2.45, 2.75) is 13.3 Å². The first-order chi connectivity index (χ1) is 10.4. The second-order valence-corrected chi connectivity index (χ2v) is 4.96. The Bertz CT molecular complexity index is 728. The molecule has 0 radical (unpaired) electrons. The average Bonchev–Trinajstić information content (AvgIpc) is 2.42. The first kappa shape index (κ1) is 15.9. The van der Waals surface area contributed by atoms with Crippen molar-refractivity contribution in [2.24, 2.45) is 0 Å². The standard InChI is InChI=1S/C15H11ClFNO4/c1-9-7-10(5-6-14(9)18(20)21)22-15(19)8-11-12(16)3-2-4-13(11)17/h2-7H,8H2,1H3. The summed E-state index contributed by atoms with van der Waals surface area (Å²) in [7, 11) is 0. The van der Waals surface area contributed by atoms with Crippen LogP contribution in [0, 0.1) is 22.9 Å². The van der Waals surface area contributed by atoms with E-state index in [1.54, 1.807) is 0 Å². The van der Waals surface area contributed by atoms with Gasteiger partial charge in [0.15, 0.2) is 0 Å². The third-order valence-corrected chi connectivity index (χ3v) is 3.33. The topological polar surface area (TPSA) is 69.4 Å². The molecule has 0 heterocycles. The van der Waals surface area contributed by atoms with Crippen molar-refractivity contribution >= 4 is 23.3 Å². The SMILES string of the molecule is Cc1cc(OC(=O)Cc2c(F)cccc2Cl)ccc1[N+](=O)[O-]. The summed E-state index contributed by atoms with van der Waals surface area (Å²) < 4.78 is 18.6. The van der Waals surface area contributed by atoms with Gasteiger partial charge in [0, 0.05) is 22.2 Å². The molecule has 0 atom stereocenters. The molecule has 2 aromatic rings. The van der Waals surface area contributed by atoms with Crippen LogP contribution in [-0.2, 0) is 11.2 Å². The third-order valence-electron chi connectivity index (χ3n) is 2.98. The van der Waals surface area contributed by atoms with E-state index < -0.39 is 16.7 Å². The third kappa shape index (κ3) is 3.59. The van der Waals surface area contributed by atoms with Crippen LogP contribution in [-0.4, -0.2) is 10.9 Å². The Morgan fingerprint density at radius 3 is 2.68 bits per heavy atom. The number of carbonyl (C=O) groups is 1. The van der Waals surface area contributed by atoms with E-state index in [1.807, 2.05) is 0 Å². The number of carbonyl (C=O) groups excluding carboxylic acids is 1. The molecule has 2 aromatic carbocycles. The normalized spacial score (nSPS) is 10.3. The van der Waals surface area contributed by atoms with E-state index in [2.05, 4.69) is 0 Å². The summed E-state index contributed by atoms with van der Waals surface area (Å²) in [5.41, 5.74) is 0.337. The van der Waals surface area contributed by atoms with E-state index in [4.69, 9.17) is 16.3 Å². The molecule has 0 aliphatic heterocycles. The van der Waals surface area contributed by atoms with Crippen molar-refractivity contribution in [2.75, 3.05) is 0 Å². The lowest BCUT2D eigenvalue weighted by atomic mass is 10.1. The summed E-state index contributed by atoms with van der Waals surface area (Å²) in [5.74, 6) is -1.15. The Labute approximate surface area is 130 Å². The zero-order valence-electron chi connectivity index (χ0n) is 11.5. The predicted octanol–water partition coefficient (Wildman–Crippen LogP) is 3.84. The van der Waals surface area contributed by atoms with Crippen molar-refractivity contribution in [3.05, 3.63) is 68.5 Å². The van der Waals surface area contributed by atoms with Crippen LogP contribution in [0.5, 0.6) is 5.75 Å². The van der Waals surface area contributed by atoms with Crippen LogP contribution in [0.3, 0.4) is 0 Å². The van der Waals surface area contributed by atoms with Crippen LogP contribution < -0.4 is 4.74 Å². The maximum atomic E-state index is 13.6. The zero-order chi connectivity index (χ0) is 16.3. The van der Waals surface area contributed by atoms with E-state index in [9.17, 15) is 19.3 Å². The molecule has 0 N–H and O–H groups in total. The molecule has 0 amide bonds. The van der Waals surface area contributed by atoms with Gasteiger partial charge in [-0.25, -0.2) is 4.39 Å². The van der Waals surface area contributed by atoms with Gasteiger partial charge in [0.1, 0.15) is 11.6 Å². The van der Waals surface area contributed by atoms with Crippen LogP contribution in [0.25, 0.3) is 0 Å². The number of benzene rings is 2. The fourth-order valence-electron chi connectivity index (χ4n) is 1.91. The van der Waals surface area contributed by atoms with Crippen molar-refractivity contribution in [1.82, 2.24) is 0 Å². The number of nitro benzene ring substituents is 1. The Morgan fingerprint density at radius 1 is 1.36 bits per heavy atom. The molecule has 114 valence electrons. The summed E-state index contributed by atoms with van der Waals surface area (Å²) in [4.78, 5) is 22.0. The molecular formula is C15H11ClFNO4. The quantitative estimate of drug-likeness (QED) is 0.371. The Kier molecular flexibility index (Phi) is 4.72. The Morgan fingerprint density at radius 2 is 2.09 bits per heavy atom. The Hall–Kier alpha value is -2.47. The minimum absolute atomic E-state index is 0.0489. The van der Waals surface area contributed by atoms with Crippen molar-refractivity contribution < 1.29 is 18.8 Å². The van der Waals surface area contributed by atoms with Gasteiger partial charge in [-0.15, -0.1) is 0 Å². The average molecular weight is 324 g/mol. The number of rotatable bonds is 4. The highest BCUT2D eigenvalue weighted by atomic mass is 35.5. The van der Waals surface area contributed by atoms with Crippen LogP contribution in [0.4, 0.5) is 10.1 Å². The molecule has 0 spiro atoms. The number of esters is 1. The molecule has 0 unspecified atom stereocenters. The van der Waals surface area contributed by atoms with E-state index in [-0.39, 0.29) is 28.4 Å². The number of halogens is 2. The maximum absolute atomic E-state index is 13.6. The molecule has 22 heavy (non-hydrogen) atoms. The van der Waals surface area contributed by atoms with Gasteiger partial charge in [-0.3, -0.25) is 14.9 Å². The number of nitro groups is 1. The van der Waals surface area contributed by atoms with Crippen LogP contribution in [0.15, 0.2) is 36.4 Å². The lowest BCUT2D eigenvalue weighted by Crippen LogP contribution is -2.13. The van der Waals surface area contributed by atoms with Gasteiger partial charge in [-0.1, -0.05) is 17.7 Å². The molecule has 0 fully saturated rings. The fraction of sp³-hybridized carbons (Fsp3) is 0.133. The van der Waals surface area contributed by atoms with E-state index in [0.717, 1.165) is 0 Å². The summed E-state index contributed by atoms with van der Waals surface area (Å²) in [6.07, 6.45) is -0.332. The molecule has 7 heteroatoms. The van der Waals surface area contributed by atoms with Crippen LogP contribution in [0.1, 0.15) is 11.1 Å². The molecule has 0 saturated heterocycles. The molecule has 0 aliphatic carbocycles. The van der Waals surface area contributed by atoms with Crippen LogP contribution in [0.2, 0.25) is 5.02 Å². The summed E-state index contributed by atoms with van der Waals surface area (Å²) >= 11 is 5.83. The zero-order valence-corrected chi connectivity index (χ0v) is 12.3. The molecule has 0 aromatic heterocycles. The van der Waals surface area contributed by atoms with E-state index in [0.29, 0.717) is 5.56 Å². The summed E-state index contributed by atoms with van der Waals surface area (Å²) in [6, 6.07) is 8.04. The highest BCUT2D eigenvalue weighted by molar-refractivity contribution is 6.31. The Balaban J connectivity index is 2.13. The van der Waals surface area contributed by atoms with Crippen molar-refractivity contribution in [3.8, 4) is 5.75 Å². The van der Waals surface area contributed by atoms with Gasteiger partial charge in [0.2, 0.25) is 0 Å². The highest BCUT2D eigenvalue weighted by Crippen LogP contribution is 2.24. The minimum atomic E-state index is -0.708. The summed E-state index contributed by atoms with van der Waals surface area (Å²) in [5, 5.41) is 10.8. The van der Waals surface area contributed by atoms with E-state index >= 15 is 0 Å². The molecule has 0 saturated carbocycles. The fourth-order valence-corrected chi connectivity index (χ4v) is 2.14. The molecule has 0 aliphatic rings. The highest BCUT2D eigenvalue weighted by Gasteiger charge is 2.15. The van der Waals surface area contributed by atoms with Crippen molar-refractivity contribution in [3.63, 3.8) is 0 Å². The second kappa shape index (κ2) is 6.53. The first-order valence-corrected chi connectivity index (χ1v) is 6.65. The molecule has 5 nitrogen and oxygen atoms in total. The first-order valence-electron chi connectivity index (χ1n) is 6.27. The van der Waals surface area contributed by atoms with Gasteiger partial charge in [-0.2, -0.15) is 0 Å². The van der Waals surface area contributed by atoms with Gasteiger partial charge < -0.3 is 4.74 Å². The van der Waals surface area contributed by atoms with Crippen LogP contribution >= 0.6 is 11.6 Å². The van der Waals surface area contributed by atoms with Gasteiger partial charge >= 0.3 is 5.97 Å². The van der Waals surface area contributed by atoms with Gasteiger partial charge in [-0.05, 0) is 31.2 Å². The lowest BCUT2D eigenvalue weighted by Gasteiger charge is -2.07. The predicted molar refractivity (Wildman–Crippen MR) is 78.6 cm³/mol. The second-order valence-electron chi connectivity index (χ2n) is 4.56. The van der Waals surface area contributed by atoms with Crippen molar-refractivity contribution in [1.29, 1.82) is 0 Å². The molecular weight excluding hydrogens is 313 g/mol. The van der Waals surface area contributed by atoms with Gasteiger partial charge in [0.05, 0.1) is 11.3 Å². The number of nitrogens with zero attached hydrogens (tertiary/aromatic N) is 1. The largest absolute Gasteiger partial charge is 0.426 e. The van der Waals surface area contributed by atoms with E-state index in [1.165, 1.54) is 43.3 Å².